The lowest BCUT2D eigenvalue weighted by Crippen LogP contribution is -2.40. The number of thioether (sulfide) groups is 1. The second-order valence-electron chi connectivity index (χ2n) is 7.43. The maximum absolute atomic E-state index is 12.2. The Kier molecular flexibility index (Phi) is 8.72. The Labute approximate surface area is 160 Å². The van der Waals surface area contributed by atoms with Gasteiger partial charge in [0.1, 0.15) is 6.10 Å². The third-order valence-corrected chi connectivity index (χ3v) is 5.82. The Bertz CT molecular complexity index is 546. The number of hydrogen-bond acceptors (Lipinski definition) is 5. The predicted octanol–water partition coefficient (Wildman–Crippen LogP) is 3.97. The van der Waals surface area contributed by atoms with Crippen LogP contribution in [0.2, 0.25) is 0 Å². The van der Waals surface area contributed by atoms with Crippen molar-refractivity contribution in [1.82, 2.24) is 5.32 Å². The summed E-state index contributed by atoms with van der Waals surface area (Å²) in [6.07, 6.45) is 11.0. The number of cyclic esters (lactones) is 1. The van der Waals surface area contributed by atoms with Crippen LogP contribution in [-0.4, -0.2) is 40.3 Å². The number of carbonyl (C=O) groups is 2. The zero-order valence-corrected chi connectivity index (χ0v) is 16.6. The van der Waals surface area contributed by atoms with Gasteiger partial charge < -0.3 is 15.2 Å². The number of amides is 1. The molecule has 1 fully saturated rings. The van der Waals surface area contributed by atoms with Crippen molar-refractivity contribution in [2.75, 3.05) is 5.75 Å². The van der Waals surface area contributed by atoms with Crippen LogP contribution in [0.4, 0.5) is 4.79 Å². The molecule has 2 rings (SSSR count). The largest absolute Gasteiger partial charge is 0.459 e. The lowest BCUT2D eigenvalue weighted by molar-refractivity contribution is -0.145. The Morgan fingerprint density at radius 2 is 2.12 bits per heavy atom. The van der Waals surface area contributed by atoms with Crippen molar-refractivity contribution in [1.29, 1.82) is 0 Å². The van der Waals surface area contributed by atoms with E-state index in [-0.39, 0.29) is 23.4 Å². The van der Waals surface area contributed by atoms with Gasteiger partial charge in [-0.05, 0) is 44.9 Å². The van der Waals surface area contributed by atoms with E-state index < -0.39 is 6.10 Å². The van der Waals surface area contributed by atoms with Crippen LogP contribution in [0.25, 0.3) is 0 Å². The topological polar surface area (TPSA) is 75.6 Å². The van der Waals surface area contributed by atoms with Crippen molar-refractivity contribution in [3.8, 4) is 0 Å². The summed E-state index contributed by atoms with van der Waals surface area (Å²) >= 11 is 1.19. The Morgan fingerprint density at radius 1 is 1.35 bits per heavy atom. The molecule has 1 saturated heterocycles. The Morgan fingerprint density at radius 3 is 2.85 bits per heavy atom. The van der Waals surface area contributed by atoms with Crippen LogP contribution in [-0.2, 0) is 9.53 Å². The van der Waals surface area contributed by atoms with Crippen molar-refractivity contribution in [2.24, 2.45) is 5.92 Å². The third-order valence-electron chi connectivity index (χ3n) is 4.92. The maximum Gasteiger partial charge on any atom is 0.330 e. The zero-order valence-electron chi connectivity index (χ0n) is 15.8. The van der Waals surface area contributed by atoms with Gasteiger partial charge in [-0.25, -0.2) is 4.79 Å². The minimum atomic E-state index is -0.697. The number of allylic oxidation sites excluding steroid dienone is 3. The van der Waals surface area contributed by atoms with Crippen LogP contribution in [0.3, 0.4) is 0 Å². The normalized spacial score (nSPS) is 33.3. The Hall–Kier alpha value is -1.27. The quantitative estimate of drug-likeness (QED) is 0.571. The molecule has 0 radical (unpaired) electrons. The summed E-state index contributed by atoms with van der Waals surface area (Å²) in [6.45, 7) is 4.17. The molecule has 0 saturated carbocycles. The summed E-state index contributed by atoms with van der Waals surface area (Å²) in [7, 11) is 0. The van der Waals surface area contributed by atoms with Crippen molar-refractivity contribution >= 4 is 23.0 Å². The van der Waals surface area contributed by atoms with Crippen LogP contribution in [0.15, 0.2) is 23.8 Å². The standard InChI is InChI=1S/C20H31NO4S/c1-14-7-3-4-9-15(2)11-19(23)25-16(10-6-5-8-14)12-18(22)17-13-26-20(24)21-17/h3,7,11,14,16-18,22H,4-6,8-10,12-13H2,1-2H3,(H,21,24)/b7-3-,15-11-. The average molecular weight is 382 g/mol. The molecule has 0 aromatic heterocycles. The monoisotopic (exact) mass is 381 g/mol. The molecule has 2 N–H and O–H groups in total. The highest BCUT2D eigenvalue weighted by Crippen LogP contribution is 2.22. The number of ether oxygens (including phenoxy) is 1. The summed E-state index contributed by atoms with van der Waals surface area (Å²) in [6, 6.07) is -0.262. The lowest BCUT2D eigenvalue weighted by atomic mass is 9.97. The van der Waals surface area contributed by atoms with Crippen LogP contribution >= 0.6 is 11.8 Å². The van der Waals surface area contributed by atoms with Crippen molar-refractivity contribution in [3.63, 3.8) is 0 Å². The van der Waals surface area contributed by atoms with E-state index in [4.69, 9.17) is 4.74 Å². The average Bonchev–Trinajstić information content (AvgIpc) is 3.01. The van der Waals surface area contributed by atoms with Gasteiger partial charge in [-0.3, -0.25) is 4.79 Å². The first-order valence-electron chi connectivity index (χ1n) is 9.60. The summed E-state index contributed by atoms with van der Waals surface area (Å²) in [4.78, 5) is 23.5. The van der Waals surface area contributed by atoms with E-state index >= 15 is 0 Å². The number of hydrogen-bond donors (Lipinski definition) is 2. The number of aliphatic hydroxyl groups is 1. The highest BCUT2D eigenvalue weighted by molar-refractivity contribution is 8.13. The van der Waals surface area contributed by atoms with Crippen LogP contribution in [0.5, 0.6) is 0 Å². The number of aliphatic hydroxyl groups excluding tert-OH is 1. The van der Waals surface area contributed by atoms with Gasteiger partial charge in [0.2, 0.25) is 0 Å². The molecule has 0 aliphatic carbocycles. The molecule has 2 heterocycles. The van der Waals surface area contributed by atoms with Gasteiger partial charge in [0.25, 0.3) is 5.24 Å². The Balaban J connectivity index is 1.97. The molecule has 0 bridgehead atoms. The second-order valence-corrected chi connectivity index (χ2v) is 8.42. The van der Waals surface area contributed by atoms with Crippen LogP contribution in [0, 0.1) is 5.92 Å². The molecule has 146 valence electrons. The lowest BCUT2D eigenvalue weighted by Gasteiger charge is -2.24. The highest BCUT2D eigenvalue weighted by atomic mass is 32.2. The van der Waals surface area contributed by atoms with Crippen molar-refractivity contribution in [3.05, 3.63) is 23.8 Å². The van der Waals surface area contributed by atoms with E-state index in [0.717, 1.165) is 44.1 Å². The SMILES string of the molecule is C/C1=C/C(=O)OC(CC(O)C2CSC(=O)N2)CCCCC(C)/C=C\CC1. The molecule has 6 heteroatoms. The molecule has 4 unspecified atom stereocenters. The predicted molar refractivity (Wildman–Crippen MR) is 105 cm³/mol. The fourth-order valence-electron chi connectivity index (χ4n) is 3.31. The first kappa shape index (κ1) is 21.0. The second kappa shape index (κ2) is 10.8. The molecule has 0 aromatic carbocycles. The molecule has 2 aliphatic rings. The molecule has 2 aliphatic heterocycles. The van der Waals surface area contributed by atoms with Gasteiger partial charge in [-0.1, -0.05) is 42.8 Å². The van der Waals surface area contributed by atoms with Crippen LogP contribution in [0.1, 0.15) is 58.8 Å². The minimum Gasteiger partial charge on any atom is -0.459 e. The fraction of sp³-hybridized carbons (Fsp3) is 0.700. The minimum absolute atomic E-state index is 0.0994. The first-order chi connectivity index (χ1) is 12.4. The molecular formula is C20H31NO4S. The third kappa shape index (κ3) is 7.54. The number of carbonyl (C=O) groups excluding carboxylic acids is 2. The van der Waals surface area contributed by atoms with Crippen molar-refractivity contribution in [2.45, 2.75) is 77.0 Å². The number of nitrogens with one attached hydrogen (secondary N) is 1. The van der Waals surface area contributed by atoms with E-state index in [0.29, 0.717) is 18.1 Å². The van der Waals surface area contributed by atoms with Gasteiger partial charge in [-0.15, -0.1) is 0 Å². The summed E-state index contributed by atoms with van der Waals surface area (Å²) in [5.74, 6) is 0.780. The molecule has 4 atom stereocenters. The first-order valence-corrected chi connectivity index (χ1v) is 10.6. The zero-order chi connectivity index (χ0) is 18.9. The number of esters is 1. The van der Waals surface area contributed by atoms with E-state index in [1.165, 1.54) is 11.8 Å². The van der Waals surface area contributed by atoms with Gasteiger partial charge in [0.15, 0.2) is 0 Å². The summed E-state index contributed by atoms with van der Waals surface area (Å²) in [5, 5.41) is 13.1. The molecule has 26 heavy (non-hydrogen) atoms. The van der Waals surface area contributed by atoms with E-state index in [1.54, 1.807) is 6.08 Å². The summed E-state index contributed by atoms with van der Waals surface area (Å²) < 4.78 is 5.64. The van der Waals surface area contributed by atoms with Gasteiger partial charge in [0.05, 0.1) is 12.1 Å². The molecule has 5 nitrogen and oxygen atoms in total. The van der Waals surface area contributed by atoms with Crippen LogP contribution < -0.4 is 5.32 Å². The summed E-state index contributed by atoms with van der Waals surface area (Å²) in [5.41, 5.74) is 1.00. The van der Waals surface area contributed by atoms with Gasteiger partial charge in [0, 0.05) is 18.2 Å². The molecule has 0 spiro atoms. The molecule has 0 aromatic rings. The fourth-order valence-corrected chi connectivity index (χ4v) is 4.18. The van der Waals surface area contributed by atoms with E-state index in [2.05, 4.69) is 24.4 Å². The maximum atomic E-state index is 12.2. The smallest absolute Gasteiger partial charge is 0.330 e. The highest BCUT2D eigenvalue weighted by Gasteiger charge is 2.30. The number of rotatable bonds is 3. The van der Waals surface area contributed by atoms with Crippen molar-refractivity contribution < 1.29 is 19.4 Å². The van der Waals surface area contributed by atoms with E-state index in [9.17, 15) is 14.7 Å². The molecule has 1 amide bonds. The van der Waals surface area contributed by atoms with E-state index in [1.807, 2.05) is 6.92 Å². The van der Waals surface area contributed by atoms with Gasteiger partial charge in [-0.2, -0.15) is 0 Å². The molecular weight excluding hydrogens is 350 g/mol. The van der Waals surface area contributed by atoms with Gasteiger partial charge >= 0.3 is 5.97 Å².